The van der Waals surface area contributed by atoms with Crippen LogP contribution in [0.4, 0.5) is 15.8 Å². The molecular weight excluding hydrogens is 285 g/mol. The summed E-state index contributed by atoms with van der Waals surface area (Å²) in [6.07, 6.45) is 0.983. The molecule has 2 rings (SSSR count). The smallest absolute Gasteiger partial charge is 0.338 e. The van der Waals surface area contributed by atoms with E-state index in [0.29, 0.717) is 25.5 Å². The zero-order chi connectivity index (χ0) is 15.7. The molecule has 0 bridgehead atoms. The van der Waals surface area contributed by atoms with Crippen molar-refractivity contribution in [3.05, 3.63) is 33.6 Å². The van der Waals surface area contributed by atoms with Crippen LogP contribution in [0.3, 0.4) is 0 Å². The van der Waals surface area contributed by atoms with Crippen LogP contribution in [-0.4, -0.2) is 34.5 Å². The Labute approximate surface area is 118 Å². The van der Waals surface area contributed by atoms with Gasteiger partial charge in [0.2, 0.25) is 5.91 Å². The average Bonchev–Trinajstić information content (AvgIpc) is 2.87. The fraction of sp³-hybridized carbons (Fsp3) is 0.333. The molecule has 0 aliphatic carbocycles. The van der Waals surface area contributed by atoms with Gasteiger partial charge in [-0.05, 0) is 18.9 Å². The molecule has 0 radical (unpaired) electrons. The third-order valence-corrected chi connectivity index (χ3v) is 3.38. The van der Waals surface area contributed by atoms with Crippen LogP contribution in [0.2, 0.25) is 0 Å². The third-order valence-electron chi connectivity index (χ3n) is 3.38. The third kappa shape index (κ3) is 2.62. The summed E-state index contributed by atoms with van der Waals surface area (Å²) in [6, 6.07) is 0.655. The predicted octanol–water partition coefficient (Wildman–Crippen LogP) is 0.886. The number of carbonyl (C=O) groups is 2. The molecule has 3 N–H and O–H groups in total. The van der Waals surface area contributed by atoms with Crippen molar-refractivity contribution in [2.45, 2.75) is 18.9 Å². The second kappa shape index (κ2) is 5.35. The number of carboxylic acids is 1. The monoisotopic (exact) mass is 297 g/mol. The number of hydrogen-bond donors (Lipinski definition) is 2. The van der Waals surface area contributed by atoms with Crippen molar-refractivity contribution < 1.29 is 24.0 Å². The summed E-state index contributed by atoms with van der Waals surface area (Å²) in [6.45, 7) is 0.305. The minimum atomic E-state index is -1.54. The van der Waals surface area contributed by atoms with E-state index in [1.165, 1.54) is 4.90 Å². The number of nitrogens with two attached hydrogens (primary N) is 1. The molecule has 112 valence electrons. The standard InChI is InChI=1S/C12H12FN3O5/c13-7-5-10(16(20)21)9(4-6(7)12(18)19)15-3-1-2-8(15)11(14)17/h4-5,8H,1-3H2,(H2,14,17)(H,18,19). The van der Waals surface area contributed by atoms with Gasteiger partial charge in [0.25, 0.3) is 5.69 Å². The van der Waals surface area contributed by atoms with Crippen LogP contribution in [-0.2, 0) is 4.79 Å². The van der Waals surface area contributed by atoms with Crippen LogP contribution < -0.4 is 10.6 Å². The first-order chi connectivity index (χ1) is 9.82. The minimum Gasteiger partial charge on any atom is -0.478 e. The maximum atomic E-state index is 13.6. The molecule has 1 fully saturated rings. The Kier molecular flexibility index (Phi) is 3.74. The van der Waals surface area contributed by atoms with Gasteiger partial charge in [-0.15, -0.1) is 0 Å². The summed E-state index contributed by atoms with van der Waals surface area (Å²) >= 11 is 0. The molecule has 21 heavy (non-hydrogen) atoms. The highest BCUT2D eigenvalue weighted by atomic mass is 19.1. The number of hydrogen-bond acceptors (Lipinski definition) is 5. The van der Waals surface area contributed by atoms with E-state index in [4.69, 9.17) is 10.8 Å². The fourth-order valence-corrected chi connectivity index (χ4v) is 2.44. The number of anilines is 1. The van der Waals surface area contributed by atoms with Crippen molar-refractivity contribution in [3.63, 3.8) is 0 Å². The highest BCUT2D eigenvalue weighted by Gasteiger charge is 2.34. The van der Waals surface area contributed by atoms with Crippen molar-refractivity contribution in [3.8, 4) is 0 Å². The van der Waals surface area contributed by atoms with E-state index in [1.807, 2.05) is 0 Å². The number of aromatic carboxylic acids is 1. The van der Waals surface area contributed by atoms with Gasteiger partial charge in [0, 0.05) is 6.54 Å². The van der Waals surface area contributed by atoms with Crippen LogP contribution >= 0.6 is 0 Å². The Balaban J connectivity index is 2.60. The van der Waals surface area contributed by atoms with Crippen molar-refractivity contribution in [1.29, 1.82) is 0 Å². The van der Waals surface area contributed by atoms with Crippen LogP contribution in [0, 0.1) is 15.9 Å². The zero-order valence-corrected chi connectivity index (χ0v) is 10.8. The molecule has 1 heterocycles. The predicted molar refractivity (Wildman–Crippen MR) is 69.6 cm³/mol. The van der Waals surface area contributed by atoms with Crippen molar-refractivity contribution in [2.24, 2.45) is 5.73 Å². The normalized spacial score (nSPS) is 17.8. The Morgan fingerprint density at radius 1 is 1.48 bits per heavy atom. The minimum absolute atomic E-state index is 0.111. The second-order valence-corrected chi connectivity index (χ2v) is 4.64. The summed E-state index contributed by atoms with van der Waals surface area (Å²) in [5.74, 6) is -3.41. The second-order valence-electron chi connectivity index (χ2n) is 4.64. The molecule has 0 aromatic heterocycles. The molecular formula is C12H12FN3O5. The summed E-state index contributed by atoms with van der Waals surface area (Å²) < 4.78 is 13.6. The Hall–Kier alpha value is -2.71. The number of rotatable bonds is 4. The van der Waals surface area contributed by atoms with Gasteiger partial charge in [-0.3, -0.25) is 14.9 Å². The van der Waals surface area contributed by atoms with Gasteiger partial charge in [0.05, 0.1) is 16.6 Å². The number of nitro groups is 1. The first-order valence-electron chi connectivity index (χ1n) is 6.10. The van der Waals surface area contributed by atoms with Crippen molar-refractivity contribution in [1.82, 2.24) is 0 Å². The zero-order valence-electron chi connectivity index (χ0n) is 10.8. The number of carboxylic acid groups (broad SMARTS) is 1. The van der Waals surface area contributed by atoms with E-state index >= 15 is 0 Å². The number of primary amides is 1. The summed E-state index contributed by atoms with van der Waals surface area (Å²) in [5, 5.41) is 20.0. The van der Waals surface area contributed by atoms with Gasteiger partial charge >= 0.3 is 5.97 Å². The molecule has 0 saturated carbocycles. The molecule has 1 aliphatic heterocycles. The van der Waals surface area contributed by atoms with Gasteiger partial charge in [0.1, 0.15) is 17.5 Å². The SMILES string of the molecule is NC(=O)C1CCCN1c1cc(C(=O)O)c(F)cc1[N+](=O)[O-]. The van der Waals surface area contributed by atoms with Crippen LogP contribution in [0.15, 0.2) is 12.1 Å². The summed E-state index contributed by atoms with van der Waals surface area (Å²) in [5.41, 5.74) is 3.85. The molecule has 1 aromatic rings. The molecule has 1 saturated heterocycles. The molecule has 1 aromatic carbocycles. The van der Waals surface area contributed by atoms with E-state index in [0.717, 1.165) is 6.07 Å². The number of nitrogens with zero attached hydrogens (tertiary/aromatic N) is 2. The van der Waals surface area contributed by atoms with Gasteiger partial charge in [-0.1, -0.05) is 0 Å². The molecule has 1 unspecified atom stereocenters. The van der Waals surface area contributed by atoms with E-state index < -0.39 is 39.9 Å². The van der Waals surface area contributed by atoms with Crippen LogP contribution in [0.1, 0.15) is 23.2 Å². The van der Waals surface area contributed by atoms with Gasteiger partial charge in [-0.2, -0.15) is 0 Å². The topological polar surface area (TPSA) is 127 Å². The van der Waals surface area contributed by atoms with Crippen LogP contribution in [0.25, 0.3) is 0 Å². The molecule has 9 heteroatoms. The Morgan fingerprint density at radius 2 is 2.14 bits per heavy atom. The Bertz CT molecular complexity index is 634. The Morgan fingerprint density at radius 3 is 2.67 bits per heavy atom. The number of halogens is 1. The summed E-state index contributed by atoms with van der Waals surface area (Å²) in [4.78, 5) is 33.9. The van der Waals surface area contributed by atoms with Crippen LogP contribution in [0.5, 0.6) is 0 Å². The fourth-order valence-electron chi connectivity index (χ4n) is 2.44. The lowest BCUT2D eigenvalue weighted by molar-refractivity contribution is -0.384. The number of amides is 1. The number of nitro benzene ring substituents is 1. The quantitative estimate of drug-likeness (QED) is 0.627. The van der Waals surface area contributed by atoms with Crippen molar-refractivity contribution >= 4 is 23.3 Å². The lowest BCUT2D eigenvalue weighted by Gasteiger charge is -2.24. The summed E-state index contributed by atoms with van der Waals surface area (Å²) in [7, 11) is 0. The van der Waals surface area contributed by atoms with Gasteiger partial charge in [-0.25, -0.2) is 9.18 Å². The number of benzene rings is 1. The molecule has 1 aliphatic rings. The van der Waals surface area contributed by atoms with E-state index in [2.05, 4.69) is 0 Å². The first kappa shape index (κ1) is 14.7. The maximum Gasteiger partial charge on any atom is 0.338 e. The highest BCUT2D eigenvalue weighted by Crippen LogP contribution is 2.35. The van der Waals surface area contributed by atoms with E-state index in [1.54, 1.807) is 0 Å². The lowest BCUT2D eigenvalue weighted by atomic mass is 10.1. The number of carbonyl (C=O) groups excluding carboxylic acids is 1. The maximum absolute atomic E-state index is 13.6. The average molecular weight is 297 g/mol. The van der Waals surface area contributed by atoms with Gasteiger partial charge in [0.15, 0.2) is 0 Å². The van der Waals surface area contributed by atoms with Gasteiger partial charge < -0.3 is 15.7 Å². The molecule has 1 amide bonds. The highest BCUT2D eigenvalue weighted by molar-refractivity contribution is 5.92. The molecule has 8 nitrogen and oxygen atoms in total. The van der Waals surface area contributed by atoms with E-state index in [-0.39, 0.29) is 5.69 Å². The molecule has 0 spiro atoms. The molecule has 1 atom stereocenters. The van der Waals surface area contributed by atoms with E-state index in [9.17, 15) is 24.1 Å². The lowest BCUT2D eigenvalue weighted by Crippen LogP contribution is -2.40. The van der Waals surface area contributed by atoms with Crippen molar-refractivity contribution in [2.75, 3.05) is 11.4 Å². The largest absolute Gasteiger partial charge is 0.478 e. The first-order valence-corrected chi connectivity index (χ1v) is 6.10.